The number of benzene rings is 2. The lowest BCUT2D eigenvalue weighted by Gasteiger charge is -2.25. The Labute approximate surface area is 134 Å². The molecule has 0 heterocycles. The van der Waals surface area contributed by atoms with E-state index in [9.17, 15) is 23.6 Å². The molecule has 0 amide bonds. The number of sulfonamides is 1. The molecule has 1 N–H and O–H groups in total. The average molecular weight is 336 g/mol. The third-order valence-corrected chi connectivity index (χ3v) is 4.92. The van der Waals surface area contributed by atoms with Crippen LogP contribution in [0.3, 0.4) is 0 Å². The van der Waals surface area contributed by atoms with Crippen LogP contribution in [0.15, 0.2) is 59.5 Å². The Morgan fingerprint density at radius 3 is 2.17 bits per heavy atom. The van der Waals surface area contributed by atoms with E-state index in [1.807, 2.05) is 0 Å². The van der Waals surface area contributed by atoms with E-state index in [0.29, 0.717) is 5.69 Å². The van der Waals surface area contributed by atoms with E-state index in [2.05, 4.69) is 0 Å². The summed E-state index contributed by atoms with van der Waals surface area (Å²) < 4.78 is 26.7. The second-order valence-electron chi connectivity index (χ2n) is 4.97. The molecule has 122 valence electrons. The van der Waals surface area contributed by atoms with Gasteiger partial charge in [-0.2, -0.15) is 0 Å². The molecule has 7 nitrogen and oxygen atoms in total. The second-order valence-corrected chi connectivity index (χ2v) is 6.83. The van der Waals surface area contributed by atoms with Crippen LogP contribution >= 0.6 is 0 Å². The smallest absolute Gasteiger partial charge is 0.269 e. The third kappa shape index (κ3) is 3.85. The summed E-state index contributed by atoms with van der Waals surface area (Å²) >= 11 is 0. The number of rotatable bonds is 6. The van der Waals surface area contributed by atoms with Crippen molar-refractivity contribution in [1.82, 2.24) is 0 Å². The first-order valence-corrected chi connectivity index (χ1v) is 8.26. The minimum absolute atomic E-state index is 0.0763. The highest BCUT2D eigenvalue weighted by molar-refractivity contribution is 7.92. The van der Waals surface area contributed by atoms with Crippen LogP contribution in [0.25, 0.3) is 0 Å². The highest BCUT2D eigenvalue weighted by Crippen LogP contribution is 2.25. The van der Waals surface area contributed by atoms with Crippen LogP contribution in [0, 0.1) is 10.1 Å². The molecule has 0 saturated carbocycles. The Morgan fingerprint density at radius 1 is 1.13 bits per heavy atom. The second kappa shape index (κ2) is 6.76. The molecule has 2 rings (SSSR count). The lowest BCUT2D eigenvalue weighted by Crippen LogP contribution is -2.36. The van der Waals surface area contributed by atoms with Crippen molar-refractivity contribution in [1.29, 1.82) is 0 Å². The van der Waals surface area contributed by atoms with Gasteiger partial charge in [0.05, 0.1) is 28.2 Å². The van der Waals surface area contributed by atoms with Crippen LogP contribution in [0.2, 0.25) is 0 Å². The Morgan fingerprint density at radius 2 is 1.70 bits per heavy atom. The van der Waals surface area contributed by atoms with Crippen molar-refractivity contribution < 1.29 is 18.4 Å². The van der Waals surface area contributed by atoms with Crippen molar-refractivity contribution in [2.24, 2.45) is 0 Å². The maximum atomic E-state index is 12.8. The zero-order valence-electron chi connectivity index (χ0n) is 12.4. The third-order valence-electron chi connectivity index (χ3n) is 3.11. The fourth-order valence-corrected chi connectivity index (χ4v) is 3.59. The maximum absolute atomic E-state index is 12.8. The highest BCUT2D eigenvalue weighted by Gasteiger charge is 2.26. The zero-order chi connectivity index (χ0) is 17.0. The number of anilines is 1. The largest absolute Gasteiger partial charge is 0.392 e. The number of non-ortho nitro benzene ring substituents is 1. The number of aliphatic hydroxyl groups is 1. The van der Waals surface area contributed by atoms with E-state index in [1.165, 1.54) is 19.1 Å². The van der Waals surface area contributed by atoms with Crippen molar-refractivity contribution >= 4 is 21.4 Å². The number of aliphatic hydroxyl groups excluding tert-OH is 1. The predicted molar refractivity (Wildman–Crippen MR) is 85.8 cm³/mol. The fourth-order valence-electron chi connectivity index (χ4n) is 2.04. The first-order chi connectivity index (χ1) is 10.8. The van der Waals surface area contributed by atoms with E-state index in [1.54, 1.807) is 30.3 Å². The van der Waals surface area contributed by atoms with Gasteiger partial charge in [-0.1, -0.05) is 18.2 Å². The normalized spacial score (nSPS) is 12.6. The molecule has 0 aliphatic carbocycles. The summed E-state index contributed by atoms with van der Waals surface area (Å²) in [6.45, 7) is 1.37. The molecule has 0 spiro atoms. The van der Waals surface area contributed by atoms with Crippen LogP contribution in [0.5, 0.6) is 0 Å². The molecule has 0 aliphatic heterocycles. The standard InChI is InChI=1S/C15H16N2O5S/c1-12(18)11-16(13-5-3-2-4-6-13)23(21,22)15-9-7-14(8-10-15)17(19)20/h2-10,12,18H,11H2,1H3/t12-/m0/s1. The van der Waals surface area contributed by atoms with E-state index < -0.39 is 21.1 Å². The van der Waals surface area contributed by atoms with E-state index in [4.69, 9.17) is 0 Å². The molecule has 2 aromatic carbocycles. The number of hydrogen-bond acceptors (Lipinski definition) is 5. The molecular weight excluding hydrogens is 320 g/mol. The Hall–Kier alpha value is -2.45. The summed E-state index contributed by atoms with van der Waals surface area (Å²) in [6.07, 6.45) is -0.872. The van der Waals surface area contributed by atoms with Crippen LogP contribution in [-0.2, 0) is 10.0 Å². The number of nitro benzene ring substituents is 1. The SMILES string of the molecule is C[C@H](O)CN(c1ccccc1)S(=O)(=O)c1ccc([N+](=O)[O-])cc1. The van der Waals surface area contributed by atoms with E-state index in [0.717, 1.165) is 16.4 Å². The summed E-state index contributed by atoms with van der Waals surface area (Å²) in [7, 11) is -3.94. The van der Waals surface area contributed by atoms with Crippen molar-refractivity contribution in [3.05, 3.63) is 64.7 Å². The summed E-state index contributed by atoms with van der Waals surface area (Å²) in [5.74, 6) is 0. The van der Waals surface area contributed by atoms with Crippen LogP contribution in [0.1, 0.15) is 6.92 Å². The van der Waals surface area contributed by atoms with Crippen LogP contribution in [-0.4, -0.2) is 31.1 Å². The first kappa shape index (κ1) is 16.9. The molecule has 0 fully saturated rings. The molecule has 8 heteroatoms. The van der Waals surface area contributed by atoms with Crippen molar-refractivity contribution in [3.8, 4) is 0 Å². The van der Waals surface area contributed by atoms with Crippen LogP contribution < -0.4 is 4.31 Å². The molecule has 0 radical (unpaired) electrons. The number of para-hydroxylation sites is 1. The molecule has 0 saturated heterocycles. The van der Waals surface area contributed by atoms with Gasteiger partial charge in [0.15, 0.2) is 0 Å². The Kier molecular flexibility index (Phi) is 4.97. The van der Waals surface area contributed by atoms with Gasteiger partial charge in [-0.25, -0.2) is 8.42 Å². The summed E-state index contributed by atoms with van der Waals surface area (Å²) in [6, 6.07) is 13.0. The zero-order valence-corrected chi connectivity index (χ0v) is 13.2. The van der Waals surface area contributed by atoms with Crippen LogP contribution in [0.4, 0.5) is 11.4 Å². The van der Waals surface area contributed by atoms with E-state index >= 15 is 0 Å². The van der Waals surface area contributed by atoms with Crippen molar-refractivity contribution in [2.45, 2.75) is 17.9 Å². The molecule has 0 bridgehead atoms. The molecule has 1 atom stereocenters. The topological polar surface area (TPSA) is 101 Å². The Bertz CT molecular complexity index is 773. The minimum atomic E-state index is -3.94. The van der Waals surface area contributed by atoms with Gasteiger partial charge in [0.2, 0.25) is 0 Å². The molecule has 0 unspecified atom stereocenters. The molecule has 23 heavy (non-hydrogen) atoms. The van der Waals surface area contributed by atoms with Gasteiger partial charge in [0, 0.05) is 12.1 Å². The summed E-state index contributed by atoms with van der Waals surface area (Å²) in [4.78, 5) is 10.0. The molecular formula is C15H16N2O5S. The fraction of sp³-hybridized carbons (Fsp3) is 0.200. The number of nitrogens with zero attached hydrogens (tertiary/aromatic N) is 2. The van der Waals surface area contributed by atoms with Gasteiger partial charge in [-0.05, 0) is 31.2 Å². The summed E-state index contributed by atoms with van der Waals surface area (Å²) in [5.41, 5.74) is 0.220. The van der Waals surface area contributed by atoms with Crippen molar-refractivity contribution in [2.75, 3.05) is 10.8 Å². The first-order valence-electron chi connectivity index (χ1n) is 6.82. The van der Waals surface area contributed by atoms with Gasteiger partial charge in [-0.3, -0.25) is 14.4 Å². The van der Waals surface area contributed by atoms with Crippen molar-refractivity contribution in [3.63, 3.8) is 0 Å². The lowest BCUT2D eigenvalue weighted by molar-refractivity contribution is -0.384. The number of nitro groups is 1. The lowest BCUT2D eigenvalue weighted by atomic mass is 10.3. The Balaban J connectivity index is 2.45. The molecule has 0 aliphatic rings. The molecule has 2 aromatic rings. The van der Waals surface area contributed by atoms with Gasteiger partial charge in [-0.15, -0.1) is 0 Å². The van der Waals surface area contributed by atoms with Gasteiger partial charge in [0.1, 0.15) is 0 Å². The molecule has 0 aromatic heterocycles. The average Bonchev–Trinajstić information content (AvgIpc) is 2.53. The van der Waals surface area contributed by atoms with Gasteiger partial charge < -0.3 is 5.11 Å². The monoisotopic (exact) mass is 336 g/mol. The predicted octanol–water partition coefficient (Wildman–Crippen LogP) is 2.17. The number of hydrogen-bond donors (Lipinski definition) is 1. The maximum Gasteiger partial charge on any atom is 0.269 e. The summed E-state index contributed by atoms with van der Waals surface area (Å²) in [5, 5.41) is 20.3. The van der Waals surface area contributed by atoms with E-state index in [-0.39, 0.29) is 17.1 Å². The van der Waals surface area contributed by atoms with Gasteiger partial charge in [0.25, 0.3) is 15.7 Å². The quantitative estimate of drug-likeness (QED) is 0.643. The van der Waals surface area contributed by atoms with Gasteiger partial charge >= 0.3 is 0 Å². The minimum Gasteiger partial charge on any atom is -0.392 e. The highest BCUT2D eigenvalue weighted by atomic mass is 32.2.